The molecule has 4 atom stereocenters. The highest BCUT2D eigenvalue weighted by atomic mass is 16.5. The summed E-state index contributed by atoms with van der Waals surface area (Å²) in [5, 5.41) is 3.52. The largest absolute Gasteiger partial charge is 0.493 e. The molecule has 2 heteroatoms. The Morgan fingerprint density at radius 2 is 2.00 bits per heavy atom. The van der Waals surface area contributed by atoms with Gasteiger partial charge in [0.25, 0.3) is 0 Å². The van der Waals surface area contributed by atoms with Gasteiger partial charge in [0, 0.05) is 6.04 Å². The van der Waals surface area contributed by atoms with Gasteiger partial charge in [-0.25, -0.2) is 0 Å². The van der Waals surface area contributed by atoms with E-state index in [1.165, 1.54) is 37.7 Å². The number of nitrogens with one attached hydrogen (secondary N) is 1. The molecular weight excluding hydrogens is 258 g/mol. The quantitative estimate of drug-likeness (QED) is 0.793. The van der Waals surface area contributed by atoms with E-state index in [2.05, 4.69) is 43.4 Å². The van der Waals surface area contributed by atoms with E-state index < -0.39 is 0 Å². The van der Waals surface area contributed by atoms with Gasteiger partial charge < -0.3 is 10.1 Å². The molecule has 0 heterocycles. The van der Waals surface area contributed by atoms with Crippen LogP contribution in [0.4, 0.5) is 0 Å². The summed E-state index contributed by atoms with van der Waals surface area (Å²) in [6.45, 7) is 6.42. The number of hydrogen-bond acceptors (Lipinski definition) is 2. The lowest BCUT2D eigenvalue weighted by Crippen LogP contribution is -2.19. The molecule has 3 rings (SSSR count). The van der Waals surface area contributed by atoms with E-state index in [1.807, 2.05) is 0 Å². The molecule has 0 aliphatic heterocycles. The third-order valence-corrected chi connectivity index (χ3v) is 5.43. The van der Waals surface area contributed by atoms with Crippen molar-refractivity contribution in [1.82, 2.24) is 5.32 Å². The van der Waals surface area contributed by atoms with Crippen LogP contribution in [0, 0.1) is 17.8 Å². The molecule has 0 amide bonds. The van der Waals surface area contributed by atoms with Crippen LogP contribution >= 0.6 is 0 Å². The highest BCUT2D eigenvalue weighted by Crippen LogP contribution is 2.48. The normalized spacial score (nSPS) is 28.8. The number of fused-ring (bicyclic) bond motifs is 2. The molecule has 4 unspecified atom stereocenters. The second kappa shape index (κ2) is 6.83. The first-order valence-electron chi connectivity index (χ1n) is 8.72. The van der Waals surface area contributed by atoms with Gasteiger partial charge in [0.1, 0.15) is 5.75 Å². The zero-order valence-electron chi connectivity index (χ0n) is 13.5. The van der Waals surface area contributed by atoms with Crippen molar-refractivity contribution in [2.45, 2.75) is 52.0 Å². The summed E-state index contributed by atoms with van der Waals surface area (Å²) in [7, 11) is 0. The molecule has 1 N–H and O–H groups in total. The van der Waals surface area contributed by atoms with Gasteiger partial charge in [0.15, 0.2) is 0 Å². The second-order valence-electron chi connectivity index (χ2n) is 6.99. The Bertz CT molecular complexity index is 441. The third-order valence-electron chi connectivity index (χ3n) is 5.43. The lowest BCUT2D eigenvalue weighted by Gasteiger charge is -2.22. The minimum absolute atomic E-state index is 0.421. The van der Waals surface area contributed by atoms with Gasteiger partial charge in [-0.1, -0.05) is 25.5 Å². The first-order valence-corrected chi connectivity index (χ1v) is 8.72. The summed E-state index contributed by atoms with van der Waals surface area (Å²) >= 11 is 0. The van der Waals surface area contributed by atoms with Crippen molar-refractivity contribution in [3.05, 3.63) is 29.8 Å². The lowest BCUT2D eigenvalue weighted by atomic mass is 9.89. The van der Waals surface area contributed by atoms with Crippen molar-refractivity contribution in [1.29, 1.82) is 0 Å². The minimum atomic E-state index is 0.421. The molecule has 21 heavy (non-hydrogen) atoms. The van der Waals surface area contributed by atoms with Crippen LogP contribution in [-0.2, 0) is 0 Å². The van der Waals surface area contributed by atoms with E-state index in [0.717, 1.165) is 36.7 Å². The molecule has 0 spiro atoms. The maximum atomic E-state index is 6.04. The van der Waals surface area contributed by atoms with Crippen molar-refractivity contribution >= 4 is 0 Å². The topological polar surface area (TPSA) is 21.3 Å². The average molecular weight is 287 g/mol. The maximum Gasteiger partial charge on any atom is 0.119 e. The molecule has 0 aromatic heterocycles. The molecule has 2 aliphatic carbocycles. The average Bonchev–Trinajstić information content (AvgIpc) is 3.14. The van der Waals surface area contributed by atoms with Crippen molar-refractivity contribution in [2.24, 2.45) is 17.8 Å². The summed E-state index contributed by atoms with van der Waals surface area (Å²) < 4.78 is 6.04. The Balaban J connectivity index is 1.48. The Labute approximate surface area is 129 Å². The van der Waals surface area contributed by atoms with Crippen LogP contribution < -0.4 is 10.1 Å². The maximum absolute atomic E-state index is 6.04. The number of rotatable bonds is 7. The van der Waals surface area contributed by atoms with Gasteiger partial charge in [-0.3, -0.25) is 0 Å². The van der Waals surface area contributed by atoms with E-state index in [4.69, 9.17) is 4.74 Å². The molecule has 0 saturated heterocycles. The van der Waals surface area contributed by atoms with Crippen molar-refractivity contribution in [3.63, 3.8) is 0 Å². The van der Waals surface area contributed by atoms with E-state index in [0.29, 0.717) is 6.04 Å². The third kappa shape index (κ3) is 3.60. The lowest BCUT2D eigenvalue weighted by molar-refractivity contribution is 0.195. The van der Waals surface area contributed by atoms with Crippen molar-refractivity contribution in [3.8, 4) is 5.75 Å². The monoisotopic (exact) mass is 287 g/mol. The fraction of sp³-hybridized carbons (Fsp3) is 0.684. The predicted molar refractivity (Wildman–Crippen MR) is 87.6 cm³/mol. The SMILES string of the molecule is CCCNC(C)c1ccc(OCC2CC3CCC2C3)cc1. The Kier molecular flexibility index (Phi) is 4.84. The first-order chi connectivity index (χ1) is 10.3. The van der Waals surface area contributed by atoms with Crippen molar-refractivity contribution < 1.29 is 4.74 Å². The van der Waals surface area contributed by atoms with Gasteiger partial charge in [-0.15, -0.1) is 0 Å². The van der Waals surface area contributed by atoms with Gasteiger partial charge in [0.05, 0.1) is 6.61 Å². The van der Waals surface area contributed by atoms with Gasteiger partial charge in [0.2, 0.25) is 0 Å². The van der Waals surface area contributed by atoms with Crippen LogP contribution in [-0.4, -0.2) is 13.2 Å². The van der Waals surface area contributed by atoms with Gasteiger partial charge in [-0.2, -0.15) is 0 Å². The fourth-order valence-corrected chi connectivity index (χ4v) is 4.12. The molecule has 0 radical (unpaired) electrons. The molecule has 2 nitrogen and oxygen atoms in total. The Morgan fingerprint density at radius 3 is 2.62 bits per heavy atom. The number of benzene rings is 1. The van der Waals surface area contributed by atoms with Crippen LogP contribution in [0.1, 0.15) is 57.6 Å². The van der Waals surface area contributed by atoms with E-state index in [9.17, 15) is 0 Å². The molecule has 1 aromatic rings. The van der Waals surface area contributed by atoms with Crippen molar-refractivity contribution in [2.75, 3.05) is 13.2 Å². The summed E-state index contributed by atoms with van der Waals surface area (Å²) in [6, 6.07) is 9.08. The Morgan fingerprint density at radius 1 is 1.19 bits per heavy atom. The van der Waals surface area contributed by atoms with E-state index in [-0.39, 0.29) is 0 Å². The zero-order chi connectivity index (χ0) is 14.7. The van der Waals surface area contributed by atoms with Gasteiger partial charge in [-0.05, 0) is 74.6 Å². The van der Waals surface area contributed by atoms with Gasteiger partial charge >= 0.3 is 0 Å². The molecule has 2 aliphatic rings. The standard InChI is InChI=1S/C19H29NO/c1-3-10-20-14(2)16-6-8-19(9-7-16)21-13-18-12-15-4-5-17(18)11-15/h6-9,14-15,17-18,20H,3-5,10-13H2,1-2H3. The van der Waals surface area contributed by atoms with E-state index in [1.54, 1.807) is 0 Å². The summed E-state index contributed by atoms with van der Waals surface area (Å²) in [4.78, 5) is 0. The number of ether oxygens (including phenoxy) is 1. The van der Waals surface area contributed by atoms with Crippen LogP contribution in [0.25, 0.3) is 0 Å². The highest BCUT2D eigenvalue weighted by molar-refractivity contribution is 5.29. The smallest absolute Gasteiger partial charge is 0.119 e. The summed E-state index contributed by atoms with van der Waals surface area (Å²) in [5.74, 6) is 3.81. The second-order valence-corrected chi connectivity index (χ2v) is 6.99. The number of hydrogen-bond donors (Lipinski definition) is 1. The zero-order valence-corrected chi connectivity index (χ0v) is 13.5. The molecule has 2 bridgehead atoms. The van der Waals surface area contributed by atoms with Crippen LogP contribution in [0.15, 0.2) is 24.3 Å². The molecule has 2 saturated carbocycles. The molecular formula is C19H29NO. The first kappa shape index (κ1) is 14.9. The van der Waals surface area contributed by atoms with Crippen LogP contribution in [0.3, 0.4) is 0 Å². The highest BCUT2D eigenvalue weighted by Gasteiger charge is 2.39. The van der Waals surface area contributed by atoms with Crippen LogP contribution in [0.5, 0.6) is 5.75 Å². The Hall–Kier alpha value is -1.02. The van der Waals surface area contributed by atoms with Crippen LogP contribution in [0.2, 0.25) is 0 Å². The summed E-state index contributed by atoms with van der Waals surface area (Å²) in [6.07, 6.45) is 6.96. The predicted octanol–water partition coefficient (Wildman–Crippen LogP) is 4.56. The fourth-order valence-electron chi connectivity index (χ4n) is 4.12. The minimum Gasteiger partial charge on any atom is -0.493 e. The summed E-state index contributed by atoms with van der Waals surface area (Å²) in [5.41, 5.74) is 1.34. The van der Waals surface area contributed by atoms with E-state index >= 15 is 0 Å². The molecule has 2 fully saturated rings. The molecule has 1 aromatic carbocycles. The molecule has 116 valence electrons.